The van der Waals surface area contributed by atoms with Crippen LogP contribution in [0.2, 0.25) is 0 Å². The third-order valence-corrected chi connectivity index (χ3v) is 14.8. The zero-order valence-electron chi connectivity index (χ0n) is 31.1. The normalized spacial score (nSPS) is 46.4. The van der Waals surface area contributed by atoms with Crippen LogP contribution in [-0.2, 0) is 28.6 Å². The lowest BCUT2D eigenvalue weighted by Gasteiger charge is -2.65. The van der Waals surface area contributed by atoms with E-state index in [4.69, 9.17) is 14.2 Å². The van der Waals surface area contributed by atoms with Crippen LogP contribution in [-0.4, -0.2) is 87.0 Å². The number of carbonyl (C=O) groups is 3. The van der Waals surface area contributed by atoms with Gasteiger partial charge >= 0.3 is 5.97 Å². The molecule has 0 unspecified atom stereocenters. The summed E-state index contributed by atoms with van der Waals surface area (Å²) in [6.07, 6.45) is 17.9. The highest BCUT2D eigenvalue weighted by Gasteiger charge is 2.71. The topological polar surface area (TPSA) is 160 Å². The van der Waals surface area contributed by atoms with Gasteiger partial charge in [-0.25, -0.2) is 4.79 Å². The Bertz CT molecular complexity index is 1260. The molecule has 1 saturated heterocycles. The van der Waals surface area contributed by atoms with E-state index in [1.54, 1.807) is 13.0 Å². The summed E-state index contributed by atoms with van der Waals surface area (Å²) in [4.78, 5) is 36.0. The minimum absolute atomic E-state index is 0.0729. The quantitative estimate of drug-likeness (QED) is 0.163. The van der Waals surface area contributed by atoms with Crippen LogP contribution in [0.4, 0.5) is 0 Å². The Hall–Kier alpha value is -1.69. The van der Waals surface area contributed by atoms with Gasteiger partial charge in [0.25, 0.3) is 0 Å². The first-order valence-corrected chi connectivity index (χ1v) is 20.3. The van der Waals surface area contributed by atoms with E-state index < -0.39 is 46.6 Å². The van der Waals surface area contributed by atoms with Gasteiger partial charge in [-0.2, -0.15) is 0 Å². The molecule has 0 amide bonds. The van der Waals surface area contributed by atoms with E-state index in [9.17, 15) is 34.8 Å². The van der Waals surface area contributed by atoms with Gasteiger partial charge in [-0.05, 0) is 94.5 Å². The molecule has 4 N–H and O–H groups in total. The third-order valence-electron chi connectivity index (χ3n) is 14.8. The highest BCUT2D eigenvalue weighted by atomic mass is 16.7. The molecule has 2 heterocycles. The molecule has 0 spiro atoms. The van der Waals surface area contributed by atoms with Gasteiger partial charge in [-0.3, -0.25) is 4.79 Å². The fraction of sp³-hybridized carbons (Fsp3) is 0.878. The molecule has 5 saturated carbocycles. The molecule has 0 bridgehead atoms. The van der Waals surface area contributed by atoms with Gasteiger partial charge in [0.2, 0.25) is 0 Å². The average molecular weight is 717 g/mol. The average Bonchev–Trinajstić information content (AvgIpc) is 3.64. The van der Waals surface area contributed by atoms with Crippen LogP contribution in [0.15, 0.2) is 11.6 Å². The fourth-order valence-electron chi connectivity index (χ4n) is 11.8. The molecule has 0 aromatic rings. The number of aliphatic hydroxyl groups excluding tert-OH is 2. The fourth-order valence-corrected chi connectivity index (χ4v) is 11.8. The number of Topliss-reactive ketones (excluding diaryl/α,β-unsaturated/α-hetero) is 1. The summed E-state index contributed by atoms with van der Waals surface area (Å²) in [6.45, 7) is 4.13. The van der Waals surface area contributed by atoms with E-state index in [0.29, 0.717) is 50.9 Å². The Labute approximate surface area is 304 Å². The van der Waals surface area contributed by atoms with Crippen LogP contribution in [0.25, 0.3) is 0 Å². The van der Waals surface area contributed by atoms with E-state index in [2.05, 4.69) is 6.92 Å². The van der Waals surface area contributed by atoms with E-state index in [-0.39, 0.29) is 36.2 Å². The van der Waals surface area contributed by atoms with Crippen molar-refractivity contribution < 1.29 is 49.0 Å². The number of hydrogen-bond donors (Lipinski definition) is 4. The predicted octanol–water partition coefficient (Wildman–Crippen LogP) is 5.64. The van der Waals surface area contributed by atoms with E-state index in [1.807, 2.05) is 0 Å². The van der Waals surface area contributed by atoms with Crippen LogP contribution >= 0.6 is 0 Å². The standard InChI is InChI=1S/C29H42O9.C12H22O/c1-16-25(33)22(31)12-24(37-16)38-18-3-8-27(15-30)20-4-7-26(2)19(17-11-23(32)36-14-17)6-10-29(26,35)21(20)5-9-28(27,34)13-18;13-12-10-8-6-4-2-1-3-5-7-9-11-12/h11,15-16,18-22,24-25,31,33-35H,3-10,12-14H2,1-2H3;1-11H2/t16-,18+,19-,20+,21-,22+,24+,25-,26-,27+,28+,29+;/m1./s1. The Morgan fingerprint density at radius 2 is 1.49 bits per heavy atom. The number of cyclic esters (lactones) is 1. The van der Waals surface area contributed by atoms with Gasteiger partial charge in [0.15, 0.2) is 6.29 Å². The van der Waals surface area contributed by atoms with Crippen molar-refractivity contribution >= 4 is 18.0 Å². The Kier molecular flexibility index (Phi) is 12.2. The highest BCUT2D eigenvalue weighted by molar-refractivity contribution is 5.85. The summed E-state index contributed by atoms with van der Waals surface area (Å²) in [5, 5.41) is 44.6. The molecule has 7 rings (SSSR count). The van der Waals surface area contributed by atoms with Crippen molar-refractivity contribution in [1.82, 2.24) is 0 Å². The Balaban J connectivity index is 0.000000292. The second kappa shape index (κ2) is 16.0. The molecular formula is C41H64O10. The molecule has 12 atom stereocenters. The predicted molar refractivity (Wildman–Crippen MR) is 189 cm³/mol. The van der Waals surface area contributed by atoms with Gasteiger partial charge in [0.1, 0.15) is 24.8 Å². The first-order valence-electron chi connectivity index (χ1n) is 20.3. The molecule has 0 aromatic heterocycles. The minimum atomic E-state index is -1.24. The third kappa shape index (κ3) is 7.53. The lowest BCUT2D eigenvalue weighted by Crippen LogP contribution is -2.69. The summed E-state index contributed by atoms with van der Waals surface area (Å²) in [5.41, 5.74) is -2.60. The lowest BCUT2D eigenvalue weighted by atomic mass is 9.41. The molecular weight excluding hydrogens is 652 g/mol. The first-order chi connectivity index (χ1) is 24.4. The highest BCUT2D eigenvalue weighted by Crippen LogP contribution is 2.70. The lowest BCUT2D eigenvalue weighted by molar-refractivity contribution is -0.286. The van der Waals surface area contributed by atoms with Gasteiger partial charge in [-0.15, -0.1) is 0 Å². The van der Waals surface area contributed by atoms with E-state index in [1.165, 1.54) is 44.9 Å². The molecule has 0 aromatic carbocycles. The number of hydrogen-bond acceptors (Lipinski definition) is 10. The van der Waals surface area contributed by atoms with Crippen molar-refractivity contribution in [3.8, 4) is 0 Å². The number of carbonyl (C=O) groups excluding carboxylic acids is 3. The van der Waals surface area contributed by atoms with Crippen molar-refractivity contribution in [2.75, 3.05) is 6.61 Å². The summed E-state index contributed by atoms with van der Waals surface area (Å²) in [6, 6.07) is 0. The monoisotopic (exact) mass is 716 g/mol. The number of ketones is 1. The van der Waals surface area contributed by atoms with Crippen molar-refractivity contribution in [2.45, 2.75) is 191 Å². The van der Waals surface area contributed by atoms with Gasteiger partial charge in [-0.1, -0.05) is 51.9 Å². The summed E-state index contributed by atoms with van der Waals surface area (Å²) in [5.74, 6) is 0.0272. The van der Waals surface area contributed by atoms with Gasteiger partial charge < -0.3 is 39.4 Å². The smallest absolute Gasteiger partial charge is 0.331 e. The summed E-state index contributed by atoms with van der Waals surface area (Å²) < 4.78 is 17.1. The zero-order chi connectivity index (χ0) is 36.4. The largest absolute Gasteiger partial charge is 0.458 e. The second-order valence-corrected chi connectivity index (χ2v) is 17.5. The molecule has 2 aliphatic heterocycles. The summed E-state index contributed by atoms with van der Waals surface area (Å²) >= 11 is 0. The van der Waals surface area contributed by atoms with Crippen LogP contribution in [0.1, 0.15) is 149 Å². The van der Waals surface area contributed by atoms with Gasteiger partial charge in [0.05, 0.1) is 34.9 Å². The minimum Gasteiger partial charge on any atom is -0.458 e. The van der Waals surface area contributed by atoms with Crippen molar-refractivity contribution in [1.29, 1.82) is 0 Å². The molecule has 5 aliphatic carbocycles. The maximum absolute atomic E-state index is 12.9. The summed E-state index contributed by atoms with van der Waals surface area (Å²) in [7, 11) is 0. The van der Waals surface area contributed by atoms with Crippen LogP contribution in [0.5, 0.6) is 0 Å². The Morgan fingerprint density at radius 3 is 2.10 bits per heavy atom. The maximum Gasteiger partial charge on any atom is 0.331 e. The van der Waals surface area contributed by atoms with Crippen LogP contribution in [0, 0.1) is 28.6 Å². The van der Waals surface area contributed by atoms with Gasteiger partial charge in [0, 0.05) is 37.2 Å². The maximum atomic E-state index is 12.9. The molecule has 6 fully saturated rings. The SMILES string of the molecule is C[C@H]1O[C@@H](O[C@H]2CC[C@]3(C=O)[C@H]4CC[C@]5(C)[C@@H](C6=CC(=O)OC6)CC[C@]5(O)[C@@H]4CC[C@]3(O)C2)C[C@H](O)[C@@H]1O.O=C1CCCCCCCCCCC1. The number of fused-ring (bicyclic) bond motifs is 5. The van der Waals surface area contributed by atoms with Crippen molar-refractivity contribution in [3.63, 3.8) is 0 Å². The molecule has 10 heteroatoms. The van der Waals surface area contributed by atoms with Crippen molar-refractivity contribution in [3.05, 3.63) is 11.6 Å². The zero-order valence-corrected chi connectivity index (χ0v) is 31.1. The van der Waals surface area contributed by atoms with E-state index in [0.717, 1.165) is 56.8 Å². The number of ether oxygens (including phenoxy) is 3. The first kappa shape index (κ1) is 39.0. The van der Waals surface area contributed by atoms with Crippen LogP contribution < -0.4 is 0 Å². The molecule has 10 nitrogen and oxygen atoms in total. The number of esters is 1. The van der Waals surface area contributed by atoms with E-state index >= 15 is 0 Å². The molecule has 51 heavy (non-hydrogen) atoms. The van der Waals surface area contributed by atoms with Crippen LogP contribution in [0.3, 0.4) is 0 Å². The number of aliphatic hydroxyl groups is 4. The molecule has 288 valence electrons. The molecule has 7 aliphatic rings. The van der Waals surface area contributed by atoms with Crippen molar-refractivity contribution in [2.24, 2.45) is 28.6 Å². The number of rotatable bonds is 4. The molecule has 0 radical (unpaired) electrons. The second-order valence-electron chi connectivity index (χ2n) is 17.5. The number of aldehydes is 1. The Morgan fingerprint density at radius 1 is 0.843 bits per heavy atom.